The Morgan fingerprint density at radius 1 is 1.20 bits per heavy atom. The van der Waals surface area contributed by atoms with Gasteiger partial charge in [-0.05, 0) is 57.0 Å². The number of rotatable bonds is 5. The fraction of sp³-hybridized carbons (Fsp3) is 0.412. The van der Waals surface area contributed by atoms with Gasteiger partial charge in [-0.2, -0.15) is 0 Å². The highest BCUT2D eigenvalue weighted by Gasteiger charge is 2.10. The van der Waals surface area contributed by atoms with Crippen LogP contribution in [0.3, 0.4) is 0 Å². The molecule has 0 amide bonds. The molecule has 0 saturated heterocycles. The summed E-state index contributed by atoms with van der Waals surface area (Å²) in [5, 5.41) is 4.37. The Morgan fingerprint density at radius 3 is 2.40 bits per heavy atom. The van der Waals surface area contributed by atoms with Crippen molar-refractivity contribution in [1.29, 1.82) is 0 Å². The standard InChI is InChI=1S/C17H23ClN2/c1-5-20-12(2)10-16(14(20)4)11-19-13(3)15-6-8-17(18)9-7-15/h6-10,13,19H,5,11H2,1-4H3/t13-/m0/s1. The minimum atomic E-state index is 0.317. The third-order valence-corrected chi connectivity index (χ3v) is 4.22. The molecule has 0 aliphatic carbocycles. The third-order valence-electron chi connectivity index (χ3n) is 3.96. The van der Waals surface area contributed by atoms with Crippen LogP contribution in [0, 0.1) is 13.8 Å². The maximum absolute atomic E-state index is 5.92. The van der Waals surface area contributed by atoms with E-state index in [-0.39, 0.29) is 0 Å². The van der Waals surface area contributed by atoms with Gasteiger partial charge in [0.15, 0.2) is 0 Å². The van der Waals surface area contributed by atoms with Gasteiger partial charge >= 0.3 is 0 Å². The first-order valence-corrected chi connectivity index (χ1v) is 7.55. The minimum Gasteiger partial charge on any atom is -0.349 e. The number of nitrogens with one attached hydrogen (secondary N) is 1. The molecule has 1 N–H and O–H groups in total. The average molecular weight is 291 g/mol. The lowest BCUT2D eigenvalue weighted by molar-refractivity contribution is 0.571. The van der Waals surface area contributed by atoms with Gasteiger partial charge in [0.1, 0.15) is 0 Å². The number of benzene rings is 1. The number of aromatic nitrogens is 1. The summed E-state index contributed by atoms with van der Waals surface area (Å²) in [6.07, 6.45) is 0. The second-order valence-corrected chi connectivity index (χ2v) is 5.73. The van der Waals surface area contributed by atoms with Crippen LogP contribution in [0.1, 0.15) is 42.4 Å². The summed E-state index contributed by atoms with van der Waals surface area (Å²) >= 11 is 5.92. The summed E-state index contributed by atoms with van der Waals surface area (Å²) in [5.41, 5.74) is 5.34. The van der Waals surface area contributed by atoms with Crippen molar-refractivity contribution in [2.24, 2.45) is 0 Å². The lowest BCUT2D eigenvalue weighted by Crippen LogP contribution is -2.18. The van der Waals surface area contributed by atoms with E-state index >= 15 is 0 Å². The molecular formula is C17H23ClN2. The van der Waals surface area contributed by atoms with Crippen LogP contribution in [-0.4, -0.2) is 4.57 Å². The van der Waals surface area contributed by atoms with Gasteiger partial charge in [0.05, 0.1) is 0 Å². The predicted molar refractivity (Wildman–Crippen MR) is 86.3 cm³/mol. The lowest BCUT2D eigenvalue weighted by Gasteiger charge is -2.14. The van der Waals surface area contributed by atoms with E-state index < -0.39 is 0 Å². The molecule has 1 aromatic carbocycles. The molecule has 1 atom stereocenters. The van der Waals surface area contributed by atoms with Crippen molar-refractivity contribution in [3.63, 3.8) is 0 Å². The summed E-state index contributed by atoms with van der Waals surface area (Å²) in [5.74, 6) is 0. The molecule has 2 aromatic rings. The molecule has 20 heavy (non-hydrogen) atoms. The highest BCUT2D eigenvalue weighted by molar-refractivity contribution is 6.30. The molecule has 0 unspecified atom stereocenters. The molecule has 0 aliphatic rings. The van der Waals surface area contributed by atoms with Gasteiger partial charge in [0, 0.05) is 35.5 Å². The molecule has 0 bridgehead atoms. The smallest absolute Gasteiger partial charge is 0.0406 e. The first-order chi connectivity index (χ1) is 9.52. The zero-order valence-corrected chi connectivity index (χ0v) is 13.5. The quantitative estimate of drug-likeness (QED) is 0.849. The van der Waals surface area contributed by atoms with Crippen LogP contribution in [0.4, 0.5) is 0 Å². The van der Waals surface area contributed by atoms with Crippen molar-refractivity contribution in [3.05, 3.63) is 57.9 Å². The number of hydrogen-bond donors (Lipinski definition) is 1. The first-order valence-electron chi connectivity index (χ1n) is 7.17. The molecule has 2 nitrogen and oxygen atoms in total. The van der Waals surface area contributed by atoms with E-state index in [0.29, 0.717) is 6.04 Å². The number of aryl methyl sites for hydroxylation is 1. The largest absolute Gasteiger partial charge is 0.349 e. The maximum atomic E-state index is 5.92. The summed E-state index contributed by atoms with van der Waals surface area (Å²) in [4.78, 5) is 0. The van der Waals surface area contributed by atoms with Gasteiger partial charge in [-0.1, -0.05) is 23.7 Å². The molecule has 1 heterocycles. The van der Waals surface area contributed by atoms with E-state index in [1.807, 2.05) is 12.1 Å². The van der Waals surface area contributed by atoms with Crippen LogP contribution in [-0.2, 0) is 13.1 Å². The van der Waals surface area contributed by atoms with E-state index in [4.69, 9.17) is 11.6 Å². The summed E-state index contributed by atoms with van der Waals surface area (Å²) < 4.78 is 2.35. The van der Waals surface area contributed by atoms with Crippen molar-refractivity contribution in [2.45, 2.75) is 46.8 Å². The SMILES string of the molecule is CCn1c(C)cc(CN[C@@H](C)c2ccc(Cl)cc2)c1C. The average Bonchev–Trinajstić information content (AvgIpc) is 2.71. The summed E-state index contributed by atoms with van der Waals surface area (Å²) in [6.45, 7) is 10.7. The highest BCUT2D eigenvalue weighted by atomic mass is 35.5. The molecule has 0 saturated carbocycles. The number of hydrogen-bond acceptors (Lipinski definition) is 1. The molecule has 0 fully saturated rings. The normalized spacial score (nSPS) is 12.7. The second-order valence-electron chi connectivity index (χ2n) is 5.29. The van der Waals surface area contributed by atoms with Crippen molar-refractivity contribution in [3.8, 4) is 0 Å². The maximum Gasteiger partial charge on any atom is 0.0406 e. The molecule has 0 spiro atoms. The van der Waals surface area contributed by atoms with E-state index in [2.05, 4.69) is 55.8 Å². The van der Waals surface area contributed by atoms with E-state index in [9.17, 15) is 0 Å². The predicted octanol–water partition coefficient (Wildman–Crippen LogP) is 4.63. The fourth-order valence-electron chi connectivity index (χ4n) is 2.67. The van der Waals surface area contributed by atoms with Gasteiger partial charge in [-0.3, -0.25) is 0 Å². The Morgan fingerprint density at radius 2 is 1.85 bits per heavy atom. The topological polar surface area (TPSA) is 17.0 Å². The lowest BCUT2D eigenvalue weighted by atomic mass is 10.1. The Kier molecular flexibility index (Phi) is 4.90. The van der Waals surface area contributed by atoms with Crippen LogP contribution in [0.15, 0.2) is 30.3 Å². The third kappa shape index (κ3) is 3.25. The Balaban J connectivity index is 2.03. The van der Waals surface area contributed by atoms with E-state index in [1.54, 1.807) is 0 Å². The second kappa shape index (κ2) is 6.47. The fourth-order valence-corrected chi connectivity index (χ4v) is 2.80. The van der Waals surface area contributed by atoms with Crippen molar-refractivity contribution >= 4 is 11.6 Å². The molecule has 0 aliphatic heterocycles. The van der Waals surface area contributed by atoms with Gasteiger partial charge in [-0.15, -0.1) is 0 Å². The van der Waals surface area contributed by atoms with E-state index in [1.165, 1.54) is 22.5 Å². The molecule has 0 radical (unpaired) electrons. The van der Waals surface area contributed by atoms with E-state index in [0.717, 1.165) is 18.1 Å². The monoisotopic (exact) mass is 290 g/mol. The molecule has 3 heteroatoms. The van der Waals surface area contributed by atoms with Crippen LogP contribution in [0.5, 0.6) is 0 Å². The molecule has 2 rings (SSSR count). The molecular weight excluding hydrogens is 268 g/mol. The molecule has 1 aromatic heterocycles. The Labute approximate surface area is 126 Å². The van der Waals surface area contributed by atoms with Crippen LogP contribution in [0.2, 0.25) is 5.02 Å². The van der Waals surface area contributed by atoms with Crippen molar-refractivity contribution < 1.29 is 0 Å². The minimum absolute atomic E-state index is 0.317. The van der Waals surface area contributed by atoms with Gasteiger partial charge < -0.3 is 9.88 Å². The number of halogens is 1. The first kappa shape index (κ1) is 15.1. The van der Waals surface area contributed by atoms with Gasteiger partial charge in [-0.25, -0.2) is 0 Å². The van der Waals surface area contributed by atoms with Gasteiger partial charge in [0.25, 0.3) is 0 Å². The van der Waals surface area contributed by atoms with Crippen molar-refractivity contribution in [2.75, 3.05) is 0 Å². The van der Waals surface area contributed by atoms with Crippen LogP contribution < -0.4 is 5.32 Å². The van der Waals surface area contributed by atoms with Crippen molar-refractivity contribution in [1.82, 2.24) is 9.88 Å². The van der Waals surface area contributed by atoms with Crippen LogP contribution >= 0.6 is 11.6 Å². The summed E-state index contributed by atoms with van der Waals surface area (Å²) in [7, 11) is 0. The zero-order valence-electron chi connectivity index (χ0n) is 12.7. The van der Waals surface area contributed by atoms with Gasteiger partial charge in [0.2, 0.25) is 0 Å². The summed E-state index contributed by atoms with van der Waals surface area (Å²) in [6, 6.07) is 10.6. The van der Waals surface area contributed by atoms with Crippen LogP contribution in [0.25, 0.3) is 0 Å². The Hall–Kier alpha value is -1.25. The molecule has 108 valence electrons. The Bertz CT molecular complexity index is 569. The highest BCUT2D eigenvalue weighted by Crippen LogP contribution is 2.19. The number of nitrogens with zero attached hydrogens (tertiary/aromatic N) is 1. The zero-order chi connectivity index (χ0) is 14.7.